The number of fused-ring (bicyclic) bond motifs is 1. The van der Waals surface area contributed by atoms with E-state index in [0.29, 0.717) is 36.2 Å². The van der Waals surface area contributed by atoms with Crippen molar-refractivity contribution in [2.75, 3.05) is 35.6 Å². The quantitative estimate of drug-likeness (QED) is 0.844. The summed E-state index contributed by atoms with van der Waals surface area (Å²) < 4.78 is 40.5. The van der Waals surface area contributed by atoms with Crippen LogP contribution in [0.5, 0.6) is 11.5 Å². The number of nitrogens with one attached hydrogen (secondary N) is 1. The van der Waals surface area contributed by atoms with Crippen molar-refractivity contribution in [2.24, 2.45) is 0 Å². The van der Waals surface area contributed by atoms with Crippen LogP contribution in [0.1, 0.15) is 5.76 Å². The van der Waals surface area contributed by atoms with Crippen LogP contribution in [0.4, 0.5) is 11.5 Å². The average Bonchev–Trinajstić information content (AvgIpc) is 2.97. The lowest BCUT2D eigenvalue weighted by molar-refractivity contribution is -0.114. The van der Waals surface area contributed by atoms with Crippen LogP contribution in [0.3, 0.4) is 0 Å². The zero-order chi connectivity index (χ0) is 18.0. The molecule has 1 aromatic carbocycles. The molecule has 0 fully saturated rings. The minimum absolute atomic E-state index is 0.0531. The van der Waals surface area contributed by atoms with Crippen LogP contribution in [-0.4, -0.2) is 45.5 Å². The summed E-state index contributed by atoms with van der Waals surface area (Å²) in [4.78, 5) is 12.3. The van der Waals surface area contributed by atoms with Gasteiger partial charge in [0.2, 0.25) is 15.9 Å². The van der Waals surface area contributed by atoms with Crippen LogP contribution in [0.2, 0.25) is 0 Å². The summed E-state index contributed by atoms with van der Waals surface area (Å²) in [7, 11) is -3.70. The SMILES string of the molecule is Cc1cc(N(CC(=O)Nc2ccc3c(c2)OCCO3)S(C)(=O)=O)no1. The Morgan fingerprint density at radius 2 is 1.96 bits per heavy atom. The molecule has 0 unspecified atom stereocenters. The second-order valence-electron chi connectivity index (χ2n) is 5.47. The Hall–Kier alpha value is -2.75. The van der Waals surface area contributed by atoms with Crippen LogP contribution in [-0.2, 0) is 14.8 Å². The van der Waals surface area contributed by atoms with Crippen molar-refractivity contribution in [3.05, 3.63) is 30.0 Å². The Kier molecular flexibility index (Phi) is 4.53. The number of aromatic nitrogens is 1. The highest BCUT2D eigenvalue weighted by molar-refractivity contribution is 7.92. The van der Waals surface area contributed by atoms with E-state index in [1.165, 1.54) is 6.07 Å². The van der Waals surface area contributed by atoms with E-state index in [9.17, 15) is 13.2 Å². The van der Waals surface area contributed by atoms with E-state index >= 15 is 0 Å². The van der Waals surface area contributed by atoms with Crippen LogP contribution >= 0.6 is 0 Å². The first kappa shape index (κ1) is 17.1. The maximum Gasteiger partial charge on any atom is 0.245 e. The Bertz CT molecular complexity index is 892. The van der Waals surface area contributed by atoms with Crippen molar-refractivity contribution in [1.29, 1.82) is 0 Å². The van der Waals surface area contributed by atoms with Crippen molar-refractivity contribution in [1.82, 2.24) is 5.16 Å². The maximum atomic E-state index is 12.3. The maximum absolute atomic E-state index is 12.3. The molecule has 1 aliphatic heterocycles. The van der Waals surface area contributed by atoms with Gasteiger partial charge in [-0.3, -0.25) is 4.79 Å². The van der Waals surface area contributed by atoms with Gasteiger partial charge in [-0.1, -0.05) is 5.16 Å². The Morgan fingerprint density at radius 3 is 2.60 bits per heavy atom. The first-order valence-corrected chi connectivity index (χ1v) is 9.28. The number of rotatable bonds is 5. The van der Waals surface area contributed by atoms with Gasteiger partial charge in [0.1, 0.15) is 25.5 Å². The molecule has 3 rings (SSSR count). The van der Waals surface area contributed by atoms with E-state index in [1.54, 1.807) is 25.1 Å². The summed E-state index contributed by atoms with van der Waals surface area (Å²) in [6, 6.07) is 6.39. The molecule has 0 atom stereocenters. The second kappa shape index (κ2) is 6.63. The highest BCUT2D eigenvalue weighted by Gasteiger charge is 2.24. The number of hydrogen-bond acceptors (Lipinski definition) is 7. The third kappa shape index (κ3) is 4.02. The lowest BCUT2D eigenvalue weighted by atomic mass is 10.2. The molecular formula is C15H17N3O6S. The molecule has 0 saturated carbocycles. The van der Waals surface area contributed by atoms with E-state index in [2.05, 4.69) is 10.5 Å². The molecule has 1 aromatic heterocycles. The fourth-order valence-corrected chi connectivity index (χ4v) is 3.07. The highest BCUT2D eigenvalue weighted by atomic mass is 32.2. The second-order valence-corrected chi connectivity index (χ2v) is 7.38. The zero-order valence-electron chi connectivity index (χ0n) is 13.7. The monoisotopic (exact) mass is 367 g/mol. The van der Waals surface area contributed by atoms with E-state index in [0.717, 1.165) is 10.6 Å². The number of hydrogen-bond donors (Lipinski definition) is 1. The summed E-state index contributed by atoms with van der Waals surface area (Å²) in [5.74, 6) is 1.09. The van der Waals surface area contributed by atoms with Gasteiger partial charge in [-0.05, 0) is 19.1 Å². The largest absolute Gasteiger partial charge is 0.486 e. The average molecular weight is 367 g/mol. The molecule has 0 saturated heterocycles. The number of nitrogens with zero attached hydrogens (tertiary/aromatic N) is 2. The van der Waals surface area contributed by atoms with E-state index < -0.39 is 22.5 Å². The summed E-state index contributed by atoms with van der Waals surface area (Å²) in [6.45, 7) is 2.10. The molecule has 2 aromatic rings. The number of amides is 1. The molecule has 0 radical (unpaired) electrons. The molecule has 0 aliphatic carbocycles. The molecule has 25 heavy (non-hydrogen) atoms. The topological polar surface area (TPSA) is 111 Å². The number of anilines is 2. The van der Waals surface area contributed by atoms with Crippen LogP contribution in [0.25, 0.3) is 0 Å². The third-order valence-corrected chi connectivity index (χ3v) is 4.50. The van der Waals surface area contributed by atoms with Crippen molar-refractivity contribution in [3.8, 4) is 11.5 Å². The van der Waals surface area contributed by atoms with Gasteiger partial charge in [0.05, 0.1) is 6.26 Å². The number of sulfonamides is 1. The lowest BCUT2D eigenvalue weighted by Crippen LogP contribution is -2.37. The van der Waals surface area contributed by atoms with E-state index in [4.69, 9.17) is 14.0 Å². The third-order valence-electron chi connectivity index (χ3n) is 3.38. The van der Waals surface area contributed by atoms with Gasteiger partial charge in [0.15, 0.2) is 17.3 Å². The molecular weight excluding hydrogens is 350 g/mol. The Morgan fingerprint density at radius 1 is 1.24 bits per heavy atom. The number of carbonyl (C=O) groups excluding carboxylic acids is 1. The summed E-state index contributed by atoms with van der Waals surface area (Å²) in [5, 5.41) is 6.29. The number of benzene rings is 1. The first-order valence-electron chi connectivity index (χ1n) is 7.43. The molecule has 134 valence electrons. The predicted molar refractivity (Wildman–Crippen MR) is 89.5 cm³/mol. The molecule has 9 nitrogen and oxygen atoms in total. The standard InChI is InChI=1S/C15H17N3O6S/c1-10-7-14(17-24-10)18(25(2,20)21)9-15(19)16-11-3-4-12-13(8-11)23-6-5-22-12/h3-4,7-8H,5-6,9H2,1-2H3,(H,16,19). The summed E-state index contributed by atoms with van der Waals surface area (Å²) in [6.07, 6.45) is 0.994. The van der Waals surface area contributed by atoms with Gasteiger partial charge >= 0.3 is 0 Å². The summed E-state index contributed by atoms with van der Waals surface area (Å²) >= 11 is 0. The van der Waals surface area contributed by atoms with Crippen molar-refractivity contribution < 1.29 is 27.2 Å². The molecule has 1 N–H and O–H groups in total. The minimum Gasteiger partial charge on any atom is -0.486 e. The van der Waals surface area contributed by atoms with Gasteiger partial charge in [0.25, 0.3) is 0 Å². The molecule has 0 bridgehead atoms. The highest BCUT2D eigenvalue weighted by Crippen LogP contribution is 2.32. The lowest BCUT2D eigenvalue weighted by Gasteiger charge is -2.20. The number of aryl methyl sites for hydroxylation is 1. The Labute approximate surface area is 144 Å². The van der Waals surface area contributed by atoms with Crippen LogP contribution < -0.4 is 19.1 Å². The fraction of sp³-hybridized carbons (Fsp3) is 0.333. The van der Waals surface area contributed by atoms with Crippen molar-refractivity contribution in [3.63, 3.8) is 0 Å². The Balaban J connectivity index is 1.74. The zero-order valence-corrected chi connectivity index (χ0v) is 14.5. The van der Waals surface area contributed by atoms with Gasteiger partial charge in [0, 0.05) is 17.8 Å². The molecule has 1 aliphatic rings. The molecule has 2 heterocycles. The fourth-order valence-electron chi connectivity index (χ4n) is 2.29. The van der Waals surface area contributed by atoms with Crippen molar-refractivity contribution in [2.45, 2.75) is 6.92 Å². The number of carbonyl (C=O) groups is 1. The minimum atomic E-state index is -3.70. The van der Waals surface area contributed by atoms with Crippen LogP contribution in [0, 0.1) is 6.92 Å². The number of ether oxygens (including phenoxy) is 2. The first-order chi connectivity index (χ1) is 11.8. The van der Waals surface area contributed by atoms with Gasteiger partial charge in [-0.25, -0.2) is 12.7 Å². The smallest absolute Gasteiger partial charge is 0.245 e. The van der Waals surface area contributed by atoms with Crippen molar-refractivity contribution >= 4 is 27.4 Å². The normalized spacial score (nSPS) is 13.4. The predicted octanol–water partition coefficient (Wildman–Crippen LogP) is 1.16. The van der Waals surface area contributed by atoms with Gasteiger partial charge in [-0.2, -0.15) is 0 Å². The van der Waals surface area contributed by atoms with Gasteiger partial charge < -0.3 is 19.3 Å². The molecule has 10 heteroatoms. The van der Waals surface area contributed by atoms with E-state index in [-0.39, 0.29) is 5.82 Å². The van der Waals surface area contributed by atoms with Crippen LogP contribution in [0.15, 0.2) is 28.8 Å². The molecule has 1 amide bonds. The molecule has 0 spiro atoms. The van der Waals surface area contributed by atoms with E-state index in [1.807, 2.05) is 0 Å². The van der Waals surface area contributed by atoms with Gasteiger partial charge in [-0.15, -0.1) is 0 Å². The summed E-state index contributed by atoms with van der Waals surface area (Å²) in [5.41, 5.74) is 0.471.